The van der Waals surface area contributed by atoms with Gasteiger partial charge in [0.1, 0.15) is 24.7 Å². The minimum atomic E-state index is -0.162. The van der Waals surface area contributed by atoms with Crippen LogP contribution in [0.5, 0.6) is 11.5 Å². The molecule has 0 heterocycles. The molecule has 0 amide bonds. The highest BCUT2D eigenvalue weighted by Crippen LogP contribution is 2.62. The van der Waals surface area contributed by atoms with Gasteiger partial charge in [-0.2, -0.15) is 0 Å². The van der Waals surface area contributed by atoms with E-state index in [1.807, 2.05) is 24.3 Å². The van der Waals surface area contributed by atoms with E-state index in [1.54, 1.807) is 0 Å². The van der Waals surface area contributed by atoms with E-state index >= 15 is 0 Å². The molecular formula is C27H38O4. The van der Waals surface area contributed by atoms with E-state index in [0.717, 1.165) is 17.9 Å². The standard InChI is InChI=1S/C27H38O4/c1-25(2)19-26(3,4)24(25)18-27(5,20-6-10-22(11-7-20)30-16-14-28)21-8-12-23(13-9-21)31-17-15-29/h6-13,24,28-29H,14-19H2,1-5H3. The van der Waals surface area contributed by atoms with Gasteiger partial charge in [-0.1, -0.05) is 58.9 Å². The molecular weight excluding hydrogens is 388 g/mol. The van der Waals surface area contributed by atoms with Crippen LogP contribution in [-0.4, -0.2) is 36.6 Å². The normalized spacial score (nSPS) is 17.8. The van der Waals surface area contributed by atoms with E-state index in [4.69, 9.17) is 19.7 Å². The van der Waals surface area contributed by atoms with E-state index in [0.29, 0.717) is 30.0 Å². The maximum absolute atomic E-state index is 9.02. The van der Waals surface area contributed by atoms with Crippen LogP contribution in [0.3, 0.4) is 0 Å². The van der Waals surface area contributed by atoms with Crippen molar-refractivity contribution in [1.82, 2.24) is 0 Å². The zero-order chi connectivity index (χ0) is 22.7. The Kier molecular flexibility index (Phi) is 7.02. The molecule has 1 saturated carbocycles. The summed E-state index contributed by atoms with van der Waals surface area (Å²) < 4.78 is 11.1. The monoisotopic (exact) mass is 426 g/mol. The van der Waals surface area contributed by atoms with Crippen molar-refractivity contribution >= 4 is 0 Å². The SMILES string of the molecule is CC(CC1C(C)(C)CC1(C)C)(c1ccc(OCCO)cc1)c1ccc(OCCO)cc1. The van der Waals surface area contributed by atoms with Crippen molar-refractivity contribution in [1.29, 1.82) is 0 Å². The minimum absolute atomic E-state index is 0.00993. The molecule has 0 radical (unpaired) electrons. The summed E-state index contributed by atoms with van der Waals surface area (Å²) >= 11 is 0. The molecule has 0 aromatic heterocycles. The summed E-state index contributed by atoms with van der Waals surface area (Å²) in [5.41, 5.74) is 2.99. The lowest BCUT2D eigenvalue weighted by atomic mass is 9.45. The molecule has 1 aliphatic carbocycles. The first-order chi connectivity index (χ1) is 14.6. The van der Waals surface area contributed by atoms with Crippen molar-refractivity contribution in [2.45, 2.75) is 52.9 Å². The van der Waals surface area contributed by atoms with Crippen molar-refractivity contribution in [2.24, 2.45) is 16.7 Å². The van der Waals surface area contributed by atoms with Gasteiger partial charge in [-0.3, -0.25) is 0 Å². The Bertz CT molecular complexity index is 771. The molecule has 1 aliphatic rings. The van der Waals surface area contributed by atoms with Gasteiger partial charge in [0, 0.05) is 5.41 Å². The van der Waals surface area contributed by atoms with Crippen molar-refractivity contribution < 1.29 is 19.7 Å². The van der Waals surface area contributed by atoms with E-state index in [1.165, 1.54) is 17.5 Å². The quantitative estimate of drug-likeness (QED) is 0.548. The molecule has 0 bridgehead atoms. The van der Waals surface area contributed by atoms with Crippen LogP contribution in [0.1, 0.15) is 58.6 Å². The molecule has 0 aliphatic heterocycles. The molecule has 4 nitrogen and oxygen atoms in total. The molecule has 2 aromatic carbocycles. The molecule has 4 heteroatoms. The van der Waals surface area contributed by atoms with Gasteiger partial charge < -0.3 is 19.7 Å². The van der Waals surface area contributed by atoms with Crippen LogP contribution >= 0.6 is 0 Å². The summed E-state index contributed by atoms with van der Waals surface area (Å²) in [6, 6.07) is 16.6. The van der Waals surface area contributed by atoms with Gasteiger partial charge in [0.15, 0.2) is 0 Å². The van der Waals surface area contributed by atoms with Crippen LogP contribution in [0.25, 0.3) is 0 Å². The second-order valence-electron chi connectivity index (χ2n) is 10.4. The smallest absolute Gasteiger partial charge is 0.119 e. The van der Waals surface area contributed by atoms with E-state index in [-0.39, 0.29) is 18.6 Å². The van der Waals surface area contributed by atoms with Crippen molar-refractivity contribution in [3.63, 3.8) is 0 Å². The van der Waals surface area contributed by atoms with E-state index in [2.05, 4.69) is 58.9 Å². The number of benzene rings is 2. The third-order valence-corrected chi connectivity index (χ3v) is 7.11. The Morgan fingerprint density at radius 3 is 1.48 bits per heavy atom. The number of hydrogen-bond acceptors (Lipinski definition) is 4. The number of rotatable bonds is 10. The van der Waals surface area contributed by atoms with Crippen LogP contribution in [0.4, 0.5) is 0 Å². The largest absolute Gasteiger partial charge is 0.491 e. The molecule has 2 N–H and O–H groups in total. The maximum Gasteiger partial charge on any atom is 0.119 e. The van der Waals surface area contributed by atoms with Gasteiger partial charge in [-0.15, -0.1) is 0 Å². The molecule has 0 unspecified atom stereocenters. The predicted molar refractivity (Wildman–Crippen MR) is 125 cm³/mol. The van der Waals surface area contributed by atoms with Gasteiger partial charge in [-0.05, 0) is 65.0 Å². The average molecular weight is 427 g/mol. The zero-order valence-electron chi connectivity index (χ0n) is 19.6. The summed E-state index contributed by atoms with van der Waals surface area (Å²) in [5.74, 6) is 2.15. The first-order valence-electron chi connectivity index (χ1n) is 11.3. The number of aliphatic hydroxyl groups is 2. The summed E-state index contributed by atoms with van der Waals surface area (Å²) in [7, 11) is 0. The molecule has 0 saturated heterocycles. The highest BCUT2D eigenvalue weighted by Gasteiger charge is 2.54. The van der Waals surface area contributed by atoms with E-state index in [9.17, 15) is 0 Å². The lowest BCUT2D eigenvalue weighted by molar-refractivity contribution is -0.0926. The lowest BCUT2D eigenvalue weighted by Crippen LogP contribution is -2.52. The first kappa shape index (κ1) is 23.6. The lowest BCUT2D eigenvalue weighted by Gasteiger charge is -2.60. The van der Waals surface area contributed by atoms with Crippen molar-refractivity contribution in [3.05, 3.63) is 59.7 Å². The van der Waals surface area contributed by atoms with E-state index < -0.39 is 0 Å². The maximum atomic E-state index is 9.02. The fraction of sp³-hybridized carbons (Fsp3) is 0.556. The van der Waals surface area contributed by atoms with Crippen LogP contribution in [0.15, 0.2) is 48.5 Å². The van der Waals surface area contributed by atoms with Gasteiger partial charge >= 0.3 is 0 Å². The average Bonchev–Trinajstić information content (AvgIpc) is 2.74. The molecule has 31 heavy (non-hydrogen) atoms. The number of hydrogen-bond donors (Lipinski definition) is 2. The third-order valence-electron chi connectivity index (χ3n) is 7.11. The Hall–Kier alpha value is -2.04. The predicted octanol–water partition coefficient (Wildman–Crippen LogP) is 5.20. The topological polar surface area (TPSA) is 58.9 Å². The summed E-state index contributed by atoms with van der Waals surface area (Å²) in [5, 5.41) is 18.0. The summed E-state index contributed by atoms with van der Waals surface area (Å²) in [4.78, 5) is 0. The third kappa shape index (κ3) is 5.07. The minimum Gasteiger partial charge on any atom is -0.491 e. The van der Waals surface area contributed by atoms with Crippen molar-refractivity contribution in [3.8, 4) is 11.5 Å². The Balaban J connectivity index is 1.95. The second-order valence-corrected chi connectivity index (χ2v) is 10.4. The van der Waals surface area contributed by atoms with Gasteiger partial charge in [-0.25, -0.2) is 0 Å². The van der Waals surface area contributed by atoms with Crippen LogP contribution < -0.4 is 9.47 Å². The second kappa shape index (κ2) is 9.22. The Morgan fingerprint density at radius 2 is 1.16 bits per heavy atom. The van der Waals surface area contributed by atoms with Gasteiger partial charge in [0.2, 0.25) is 0 Å². The van der Waals surface area contributed by atoms with Gasteiger partial charge in [0.25, 0.3) is 0 Å². The molecule has 1 fully saturated rings. The summed E-state index contributed by atoms with van der Waals surface area (Å²) in [6.45, 7) is 12.5. The molecule has 170 valence electrons. The Labute approximate surface area is 187 Å². The molecule has 2 aromatic rings. The summed E-state index contributed by atoms with van der Waals surface area (Å²) in [6.07, 6.45) is 2.29. The van der Waals surface area contributed by atoms with Crippen LogP contribution in [0.2, 0.25) is 0 Å². The molecule has 3 rings (SSSR count). The molecule has 0 atom stereocenters. The highest BCUT2D eigenvalue weighted by atomic mass is 16.5. The fourth-order valence-electron chi connectivity index (χ4n) is 5.88. The van der Waals surface area contributed by atoms with Gasteiger partial charge in [0.05, 0.1) is 13.2 Å². The van der Waals surface area contributed by atoms with Crippen molar-refractivity contribution in [2.75, 3.05) is 26.4 Å². The number of aliphatic hydroxyl groups excluding tert-OH is 2. The number of ether oxygens (including phenoxy) is 2. The fourth-order valence-corrected chi connectivity index (χ4v) is 5.88. The Morgan fingerprint density at radius 1 is 0.774 bits per heavy atom. The molecule has 0 spiro atoms. The highest BCUT2D eigenvalue weighted by molar-refractivity contribution is 5.43. The van der Waals surface area contributed by atoms with Crippen LogP contribution in [-0.2, 0) is 5.41 Å². The van der Waals surface area contributed by atoms with Crippen LogP contribution in [0, 0.1) is 16.7 Å². The first-order valence-corrected chi connectivity index (χ1v) is 11.3. The zero-order valence-corrected chi connectivity index (χ0v) is 19.6.